The normalized spacial score (nSPS) is 15.3. The van der Waals surface area contributed by atoms with Crippen molar-refractivity contribution in [3.8, 4) is 11.3 Å². The number of hydrogen-bond acceptors (Lipinski definition) is 5. The molecule has 5 heteroatoms. The van der Waals surface area contributed by atoms with Crippen LogP contribution in [-0.2, 0) is 0 Å². The van der Waals surface area contributed by atoms with Gasteiger partial charge in [-0.1, -0.05) is 23.9 Å². The van der Waals surface area contributed by atoms with Gasteiger partial charge >= 0.3 is 0 Å². The standard InChI is InChI=1S/C15H18N4S/c1-20-15-17-14(11-16-18-15)12-5-7-13(8-6-12)19-9-3-2-4-10-19/h5-8,11H,2-4,9-10H2,1H3. The van der Waals surface area contributed by atoms with E-state index in [0.29, 0.717) is 5.16 Å². The van der Waals surface area contributed by atoms with Gasteiger partial charge in [-0.05, 0) is 37.7 Å². The van der Waals surface area contributed by atoms with Gasteiger partial charge in [-0.25, -0.2) is 4.98 Å². The van der Waals surface area contributed by atoms with Gasteiger partial charge in [-0.3, -0.25) is 0 Å². The van der Waals surface area contributed by atoms with Crippen LogP contribution in [0.1, 0.15) is 19.3 Å². The van der Waals surface area contributed by atoms with E-state index in [2.05, 4.69) is 44.3 Å². The monoisotopic (exact) mass is 286 g/mol. The highest BCUT2D eigenvalue weighted by Crippen LogP contribution is 2.24. The van der Waals surface area contributed by atoms with Crippen LogP contribution in [0.3, 0.4) is 0 Å². The first-order valence-corrected chi connectivity index (χ1v) is 8.18. The summed E-state index contributed by atoms with van der Waals surface area (Å²) >= 11 is 1.51. The highest BCUT2D eigenvalue weighted by molar-refractivity contribution is 7.98. The summed E-state index contributed by atoms with van der Waals surface area (Å²) in [5.41, 5.74) is 3.28. The Bertz CT molecular complexity index is 564. The molecule has 0 aliphatic carbocycles. The first kappa shape index (κ1) is 13.4. The molecule has 0 spiro atoms. The maximum Gasteiger partial charge on any atom is 0.209 e. The van der Waals surface area contributed by atoms with E-state index < -0.39 is 0 Å². The number of rotatable bonds is 3. The smallest absolute Gasteiger partial charge is 0.209 e. The van der Waals surface area contributed by atoms with E-state index in [1.165, 1.54) is 49.8 Å². The van der Waals surface area contributed by atoms with E-state index in [0.717, 1.165) is 11.3 Å². The summed E-state index contributed by atoms with van der Waals surface area (Å²) in [4.78, 5) is 6.94. The van der Waals surface area contributed by atoms with Crippen LogP contribution in [0.25, 0.3) is 11.3 Å². The van der Waals surface area contributed by atoms with E-state index >= 15 is 0 Å². The number of anilines is 1. The minimum atomic E-state index is 0.711. The Labute approximate surface area is 123 Å². The highest BCUT2D eigenvalue weighted by Gasteiger charge is 2.11. The van der Waals surface area contributed by atoms with E-state index in [1.54, 1.807) is 6.20 Å². The predicted octanol–water partition coefficient (Wildman–Crippen LogP) is 3.25. The first-order valence-electron chi connectivity index (χ1n) is 6.96. The van der Waals surface area contributed by atoms with Crippen LogP contribution in [0.4, 0.5) is 5.69 Å². The summed E-state index contributed by atoms with van der Waals surface area (Å²) in [6.07, 6.45) is 7.64. The largest absolute Gasteiger partial charge is 0.372 e. The molecule has 1 aromatic heterocycles. The average molecular weight is 286 g/mol. The van der Waals surface area contributed by atoms with Crippen molar-refractivity contribution in [2.45, 2.75) is 24.4 Å². The molecule has 2 heterocycles. The van der Waals surface area contributed by atoms with Gasteiger partial charge in [0, 0.05) is 24.3 Å². The second-order valence-electron chi connectivity index (χ2n) is 4.92. The minimum Gasteiger partial charge on any atom is -0.372 e. The zero-order valence-electron chi connectivity index (χ0n) is 11.6. The lowest BCUT2D eigenvalue weighted by Gasteiger charge is -2.28. The SMILES string of the molecule is CSc1nncc(-c2ccc(N3CCCCC3)cc2)n1. The van der Waals surface area contributed by atoms with E-state index in [4.69, 9.17) is 0 Å². The number of hydrogen-bond donors (Lipinski definition) is 0. The molecule has 0 amide bonds. The van der Waals surface area contributed by atoms with Crippen molar-refractivity contribution in [2.75, 3.05) is 24.2 Å². The van der Waals surface area contributed by atoms with Crippen molar-refractivity contribution >= 4 is 17.4 Å². The third kappa shape index (κ3) is 2.93. The molecule has 1 aliphatic heterocycles. The molecule has 0 unspecified atom stereocenters. The van der Waals surface area contributed by atoms with Crippen molar-refractivity contribution in [2.24, 2.45) is 0 Å². The van der Waals surface area contributed by atoms with Gasteiger partial charge in [-0.15, -0.1) is 5.10 Å². The fourth-order valence-electron chi connectivity index (χ4n) is 2.51. The lowest BCUT2D eigenvalue weighted by atomic mass is 10.1. The lowest BCUT2D eigenvalue weighted by Crippen LogP contribution is -2.29. The highest BCUT2D eigenvalue weighted by atomic mass is 32.2. The summed E-state index contributed by atoms with van der Waals surface area (Å²) in [6.45, 7) is 2.34. The zero-order chi connectivity index (χ0) is 13.8. The van der Waals surface area contributed by atoms with Gasteiger partial charge in [0.1, 0.15) is 0 Å². The molecule has 0 saturated carbocycles. The van der Waals surface area contributed by atoms with Gasteiger partial charge in [0.2, 0.25) is 5.16 Å². The van der Waals surface area contributed by atoms with Crippen molar-refractivity contribution in [1.82, 2.24) is 15.2 Å². The molecule has 4 nitrogen and oxygen atoms in total. The summed E-state index contributed by atoms with van der Waals surface area (Å²) in [5.74, 6) is 0. The fourth-order valence-corrected chi connectivity index (χ4v) is 2.83. The van der Waals surface area contributed by atoms with Crippen LogP contribution in [0.15, 0.2) is 35.6 Å². The summed E-state index contributed by atoms with van der Waals surface area (Å²) in [6, 6.07) is 8.61. The topological polar surface area (TPSA) is 41.9 Å². The van der Waals surface area contributed by atoms with Crippen LogP contribution in [0.5, 0.6) is 0 Å². The van der Waals surface area contributed by atoms with Crippen molar-refractivity contribution in [3.63, 3.8) is 0 Å². The number of benzene rings is 1. The molecule has 0 bridgehead atoms. The number of aromatic nitrogens is 3. The quantitative estimate of drug-likeness (QED) is 0.810. The van der Waals surface area contributed by atoms with E-state index in [1.807, 2.05) is 6.26 Å². The Morgan fingerprint density at radius 3 is 2.50 bits per heavy atom. The van der Waals surface area contributed by atoms with Crippen molar-refractivity contribution < 1.29 is 0 Å². The Kier molecular flexibility index (Phi) is 4.16. The molecule has 0 N–H and O–H groups in total. The Morgan fingerprint density at radius 1 is 1.05 bits per heavy atom. The molecule has 0 atom stereocenters. The molecule has 104 valence electrons. The summed E-state index contributed by atoms with van der Waals surface area (Å²) in [7, 11) is 0. The molecular formula is C15H18N4S. The maximum absolute atomic E-state index is 4.48. The van der Waals surface area contributed by atoms with Crippen LogP contribution in [0.2, 0.25) is 0 Å². The Morgan fingerprint density at radius 2 is 1.80 bits per heavy atom. The van der Waals surface area contributed by atoms with Gasteiger partial charge < -0.3 is 4.90 Å². The summed E-state index contributed by atoms with van der Waals surface area (Å²) in [5, 5.41) is 8.68. The summed E-state index contributed by atoms with van der Waals surface area (Å²) < 4.78 is 0. The molecule has 3 rings (SSSR count). The van der Waals surface area contributed by atoms with Crippen LogP contribution >= 0.6 is 11.8 Å². The van der Waals surface area contributed by atoms with E-state index in [9.17, 15) is 0 Å². The van der Waals surface area contributed by atoms with Crippen LogP contribution in [-0.4, -0.2) is 34.5 Å². The fraction of sp³-hybridized carbons (Fsp3) is 0.400. The molecule has 1 fully saturated rings. The minimum absolute atomic E-state index is 0.711. The third-order valence-electron chi connectivity index (χ3n) is 3.61. The predicted molar refractivity (Wildman–Crippen MR) is 83.1 cm³/mol. The van der Waals surface area contributed by atoms with E-state index in [-0.39, 0.29) is 0 Å². The number of thioether (sulfide) groups is 1. The Balaban J connectivity index is 1.81. The molecule has 1 aliphatic rings. The molecule has 2 aromatic rings. The van der Waals surface area contributed by atoms with Gasteiger partial charge in [0.15, 0.2) is 0 Å². The van der Waals surface area contributed by atoms with Gasteiger partial charge in [-0.2, -0.15) is 5.10 Å². The van der Waals surface area contributed by atoms with Gasteiger partial charge in [0.25, 0.3) is 0 Å². The van der Waals surface area contributed by atoms with Crippen LogP contribution in [0, 0.1) is 0 Å². The van der Waals surface area contributed by atoms with Crippen molar-refractivity contribution in [1.29, 1.82) is 0 Å². The molecule has 1 saturated heterocycles. The first-order chi connectivity index (χ1) is 9.86. The maximum atomic E-state index is 4.48. The number of piperidine rings is 1. The zero-order valence-corrected chi connectivity index (χ0v) is 12.4. The molecule has 20 heavy (non-hydrogen) atoms. The Hall–Kier alpha value is -1.62. The molecular weight excluding hydrogens is 268 g/mol. The van der Waals surface area contributed by atoms with Crippen LogP contribution < -0.4 is 4.90 Å². The second-order valence-corrected chi connectivity index (χ2v) is 5.70. The average Bonchev–Trinajstić information content (AvgIpc) is 2.56. The third-order valence-corrected chi connectivity index (χ3v) is 4.14. The van der Waals surface area contributed by atoms with Gasteiger partial charge in [0.05, 0.1) is 11.9 Å². The molecule has 0 radical (unpaired) electrons. The lowest BCUT2D eigenvalue weighted by molar-refractivity contribution is 0.578. The molecule has 1 aromatic carbocycles. The second kappa shape index (κ2) is 6.22. The van der Waals surface area contributed by atoms with Crippen molar-refractivity contribution in [3.05, 3.63) is 30.5 Å². The number of nitrogens with zero attached hydrogens (tertiary/aromatic N) is 4.